The van der Waals surface area contributed by atoms with Gasteiger partial charge in [0.25, 0.3) is 0 Å². The molecule has 0 spiro atoms. The largest absolute Gasteiger partial charge is 0.472 e. The van der Waals surface area contributed by atoms with Gasteiger partial charge in [0.05, 0.1) is 33.8 Å². The fourth-order valence-electron chi connectivity index (χ4n) is 7.20. The third kappa shape index (κ3) is 51.1. The number of unbranched alkanes of at least 4 members (excludes halogenated alkanes) is 16. The summed E-state index contributed by atoms with van der Waals surface area (Å²) in [7, 11) is 1.43. The zero-order valence-corrected chi connectivity index (χ0v) is 46.8. The van der Waals surface area contributed by atoms with Crippen LogP contribution in [0.5, 0.6) is 0 Å². The fourth-order valence-corrected chi connectivity index (χ4v) is 7.93. The molecule has 0 saturated heterocycles. The van der Waals surface area contributed by atoms with E-state index in [-0.39, 0.29) is 25.5 Å². The van der Waals surface area contributed by atoms with Crippen LogP contribution in [0.1, 0.15) is 201 Å². The number of esters is 1. The molecule has 404 valence electrons. The molecular formula is C61H104N2O7P+. The highest BCUT2D eigenvalue weighted by Crippen LogP contribution is 2.43. The lowest BCUT2D eigenvalue weighted by molar-refractivity contribution is -0.870. The third-order valence-corrected chi connectivity index (χ3v) is 12.5. The summed E-state index contributed by atoms with van der Waals surface area (Å²) < 4.78 is 30.5. The van der Waals surface area contributed by atoms with Crippen molar-refractivity contribution in [3.8, 4) is 0 Å². The summed E-state index contributed by atoms with van der Waals surface area (Å²) in [4.78, 5) is 37.5. The second-order valence-corrected chi connectivity index (χ2v) is 20.9. The Kier molecular flexibility index (Phi) is 47.4. The van der Waals surface area contributed by atoms with Crippen LogP contribution in [0, 0.1) is 0 Å². The van der Waals surface area contributed by atoms with Crippen LogP contribution in [0.4, 0.5) is 0 Å². The second-order valence-electron chi connectivity index (χ2n) is 19.4. The highest BCUT2D eigenvalue weighted by Gasteiger charge is 2.30. The van der Waals surface area contributed by atoms with Crippen LogP contribution in [0.25, 0.3) is 0 Å². The number of allylic oxidation sites excluding steroid dienone is 19. The van der Waals surface area contributed by atoms with Gasteiger partial charge in [-0.3, -0.25) is 18.6 Å². The Morgan fingerprint density at radius 2 is 0.986 bits per heavy atom. The van der Waals surface area contributed by atoms with Crippen molar-refractivity contribution in [2.24, 2.45) is 0 Å². The highest BCUT2D eigenvalue weighted by molar-refractivity contribution is 7.47. The van der Waals surface area contributed by atoms with Gasteiger partial charge in [0.2, 0.25) is 5.91 Å². The summed E-state index contributed by atoms with van der Waals surface area (Å²) in [6, 6.07) is -0.892. The van der Waals surface area contributed by atoms with Gasteiger partial charge in [0, 0.05) is 12.8 Å². The van der Waals surface area contributed by atoms with E-state index in [2.05, 4.69) is 123 Å². The molecule has 0 aromatic rings. The minimum absolute atomic E-state index is 0.0196. The molecule has 0 rings (SSSR count). The number of rotatable bonds is 48. The molecule has 0 bridgehead atoms. The molecule has 0 radical (unpaired) electrons. The topological polar surface area (TPSA) is 111 Å². The number of hydrogen-bond acceptors (Lipinski definition) is 6. The fraction of sp³-hybridized carbons (Fsp3) is 0.639. The first-order valence-corrected chi connectivity index (χ1v) is 29.4. The minimum atomic E-state index is -4.47. The Hall–Kier alpha value is -3.59. The van der Waals surface area contributed by atoms with Gasteiger partial charge in [0.1, 0.15) is 19.3 Å². The number of carbonyl (C=O) groups is 2. The summed E-state index contributed by atoms with van der Waals surface area (Å²) in [6.07, 6.45) is 69.2. The zero-order valence-electron chi connectivity index (χ0n) is 45.9. The summed E-state index contributed by atoms with van der Waals surface area (Å²) in [5.41, 5.74) is 0. The average molecular weight is 1010 g/mol. The molecule has 0 aliphatic carbocycles. The molecule has 2 N–H and O–H groups in total. The molecule has 1 amide bonds. The number of ether oxygens (including phenoxy) is 1. The number of hydrogen-bond donors (Lipinski definition) is 2. The molecule has 0 aliphatic heterocycles. The zero-order chi connectivity index (χ0) is 52.2. The first kappa shape index (κ1) is 67.4. The lowest BCUT2D eigenvalue weighted by Crippen LogP contribution is -2.47. The van der Waals surface area contributed by atoms with Crippen LogP contribution in [-0.4, -0.2) is 74.3 Å². The predicted octanol–water partition coefficient (Wildman–Crippen LogP) is 16.8. The molecule has 0 aliphatic rings. The molecule has 0 aromatic heterocycles. The van der Waals surface area contributed by atoms with Crippen molar-refractivity contribution in [3.63, 3.8) is 0 Å². The van der Waals surface area contributed by atoms with E-state index in [1.807, 2.05) is 45.4 Å². The molecule has 10 heteroatoms. The standard InChI is InChI=1S/C61H103N2O7P/c1-7-10-13-16-19-22-25-27-29-30-31-32-34-36-39-42-45-48-51-54-61(65)70-59(52-49-46-43-40-37-24-21-18-15-12-9-3)58(57-69-71(66,67)68-56-55-63(4,5)6)62-60(64)53-50-47-44-41-38-35-33-28-26-23-20-17-14-11-8-2/h10-11,13-14,17,19-20,22-23,26-27,29,31-32,36,39,45,48-49,52,58-59H,7-9,12,15-16,18,21,24-25,28,30,33-35,37-38,40-44,46-47,50-51,53-57H2,1-6H3,(H-,62,64,66,67)/p+1/b13-10-,14-11+,20-17+,22-19-,26-23+,29-27-,32-31-,39-36-,48-45-,52-49+. The lowest BCUT2D eigenvalue weighted by atomic mass is 10.1. The number of phosphoric acid groups is 1. The Balaban J connectivity index is 5.49. The number of carbonyl (C=O) groups excluding carboxylic acids is 2. The summed E-state index contributed by atoms with van der Waals surface area (Å²) in [5.74, 6) is -0.629. The molecule has 3 unspecified atom stereocenters. The smallest absolute Gasteiger partial charge is 0.456 e. The van der Waals surface area contributed by atoms with Crippen molar-refractivity contribution in [1.82, 2.24) is 5.32 Å². The normalized spacial score (nSPS) is 14.7. The summed E-state index contributed by atoms with van der Waals surface area (Å²) in [5, 5.41) is 3.01. The van der Waals surface area contributed by atoms with E-state index in [0.29, 0.717) is 23.9 Å². The number of amides is 1. The number of likely N-dealkylation sites (N-methyl/N-ethyl adjacent to an activating group) is 1. The maximum Gasteiger partial charge on any atom is 0.472 e. The van der Waals surface area contributed by atoms with Gasteiger partial charge in [-0.05, 0) is 89.5 Å². The van der Waals surface area contributed by atoms with Crippen LogP contribution < -0.4 is 5.32 Å². The van der Waals surface area contributed by atoms with Gasteiger partial charge >= 0.3 is 13.8 Å². The van der Waals surface area contributed by atoms with Gasteiger partial charge < -0.3 is 19.4 Å². The van der Waals surface area contributed by atoms with Crippen LogP contribution in [0.15, 0.2) is 122 Å². The number of nitrogens with zero attached hydrogens (tertiary/aromatic N) is 1. The van der Waals surface area contributed by atoms with Crippen LogP contribution in [-0.2, 0) is 27.9 Å². The maximum absolute atomic E-state index is 13.5. The molecular weight excluding hydrogens is 904 g/mol. The van der Waals surface area contributed by atoms with Crippen molar-refractivity contribution in [2.75, 3.05) is 40.9 Å². The van der Waals surface area contributed by atoms with E-state index in [1.54, 1.807) is 0 Å². The number of phosphoric ester groups is 1. The minimum Gasteiger partial charge on any atom is -0.456 e. The monoisotopic (exact) mass is 1010 g/mol. The van der Waals surface area contributed by atoms with Gasteiger partial charge in [-0.2, -0.15) is 0 Å². The van der Waals surface area contributed by atoms with Gasteiger partial charge in [0.15, 0.2) is 0 Å². The number of quaternary nitrogens is 1. The highest BCUT2D eigenvalue weighted by atomic mass is 31.2. The van der Waals surface area contributed by atoms with Crippen molar-refractivity contribution >= 4 is 19.7 Å². The quantitative estimate of drug-likeness (QED) is 0.0156. The van der Waals surface area contributed by atoms with E-state index < -0.39 is 25.9 Å². The molecule has 3 atom stereocenters. The van der Waals surface area contributed by atoms with Crippen molar-refractivity contribution < 1.29 is 37.3 Å². The van der Waals surface area contributed by atoms with Crippen molar-refractivity contribution in [2.45, 2.75) is 213 Å². The SMILES string of the molecule is CC/C=C\C/C=C\C/C=C\C/C=C\C/C=C\C/C=C\CCC(=O)OC(/C=C/CCCCCCCCCCC)C(COP(=O)(O)OCC[N+](C)(C)C)NC(=O)CCCCCCCCC/C=C/C=C/C=C/CC. The van der Waals surface area contributed by atoms with Gasteiger partial charge in [-0.25, -0.2) is 4.57 Å². The molecule has 71 heavy (non-hydrogen) atoms. The van der Waals surface area contributed by atoms with E-state index in [0.717, 1.165) is 96.3 Å². The molecule has 9 nitrogen and oxygen atoms in total. The van der Waals surface area contributed by atoms with Gasteiger partial charge in [-0.1, -0.05) is 220 Å². The maximum atomic E-state index is 13.5. The molecule has 0 fully saturated rings. The average Bonchev–Trinajstić information content (AvgIpc) is 3.33. The predicted molar refractivity (Wildman–Crippen MR) is 304 cm³/mol. The lowest BCUT2D eigenvalue weighted by Gasteiger charge is -2.27. The summed E-state index contributed by atoms with van der Waals surface area (Å²) >= 11 is 0. The third-order valence-electron chi connectivity index (χ3n) is 11.5. The Morgan fingerprint density at radius 3 is 1.51 bits per heavy atom. The van der Waals surface area contributed by atoms with Crippen molar-refractivity contribution in [1.29, 1.82) is 0 Å². The van der Waals surface area contributed by atoms with E-state index >= 15 is 0 Å². The van der Waals surface area contributed by atoms with Crippen molar-refractivity contribution in [3.05, 3.63) is 122 Å². The number of nitrogens with one attached hydrogen (secondary N) is 1. The van der Waals surface area contributed by atoms with E-state index in [4.69, 9.17) is 13.8 Å². The first-order valence-electron chi connectivity index (χ1n) is 27.9. The van der Waals surface area contributed by atoms with Gasteiger partial charge in [-0.15, -0.1) is 0 Å². The Labute approximate surface area is 435 Å². The molecule has 0 saturated carbocycles. The van der Waals surface area contributed by atoms with Crippen LogP contribution in [0.3, 0.4) is 0 Å². The van der Waals surface area contributed by atoms with Crippen LogP contribution >= 0.6 is 7.82 Å². The van der Waals surface area contributed by atoms with Crippen LogP contribution in [0.2, 0.25) is 0 Å². The second kappa shape index (κ2) is 50.0. The molecule has 0 heterocycles. The first-order chi connectivity index (χ1) is 34.4. The van der Waals surface area contributed by atoms with E-state index in [9.17, 15) is 19.0 Å². The molecule has 0 aromatic carbocycles. The van der Waals surface area contributed by atoms with E-state index in [1.165, 1.54) is 64.2 Å². The Bertz CT molecular complexity index is 1630. The Morgan fingerprint density at radius 1 is 0.521 bits per heavy atom. The summed E-state index contributed by atoms with van der Waals surface area (Å²) in [6.45, 7) is 6.67.